The number of nitrogens with one attached hydrogen (secondary N) is 1. The van der Waals surface area contributed by atoms with Gasteiger partial charge in [0.2, 0.25) is 11.0 Å². The van der Waals surface area contributed by atoms with Gasteiger partial charge in [0.05, 0.1) is 5.41 Å². The van der Waals surface area contributed by atoms with Crippen molar-refractivity contribution in [1.82, 2.24) is 10.2 Å². The highest BCUT2D eigenvalue weighted by atomic mass is 32.1. The molecule has 1 atom stereocenters. The molecule has 0 spiro atoms. The molecule has 0 bridgehead atoms. The predicted molar refractivity (Wildman–Crippen MR) is 98.7 cm³/mol. The zero-order chi connectivity index (χ0) is 17.9. The third kappa shape index (κ3) is 3.69. The molecule has 2 N–H and O–H groups in total. The number of phenolic OH excluding ortho intramolecular Hbond substituents is 1. The first-order chi connectivity index (χ1) is 12.0. The molecule has 5 nitrogen and oxygen atoms in total. The van der Waals surface area contributed by atoms with Crippen molar-refractivity contribution in [3.05, 3.63) is 71.2 Å². The van der Waals surface area contributed by atoms with E-state index in [1.807, 2.05) is 56.3 Å². The van der Waals surface area contributed by atoms with Crippen molar-refractivity contribution in [3.8, 4) is 5.75 Å². The van der Waals surface area contributed by atoms with Crippen LogP contribution in [0.1, 0.15) is 30.9 Å². The van der Waals surface area contributed by atoms with E-state index in [1.54, 1.807) is 17.6 Å². The Morgan fingerprint density at radius 3 is 2.32 bits per heavy atom. The van der Waals surface area contributed by atoms with Crippen molar-refractivity contribution in [2.75, 3.05) is 5.32 Å². The Bertz CT molecular complexity index is 831. The first kappa shape index (κ1) is 17.1. The molecule has 0 aliphatic heterocycles. The molecule has 0 unspecified atom stereocenters. The van der Waals surface area contributed by atoms with Gasteiger partial charge >= 0.3 is 0 Å². The summed E-state index contributed by atoms with van der Waals surface area (Å²) in [6, 6.07) is 16.9. The Morgan fingerprint density at radius 2 is 1.72 bits per heavy atom. The molecule has 0 radical (unpaired) electrons. The lowest BCUT2D eigenvalue weighted by molar-refractivity contribution is -0.124. The van der Waals surface area contributed by atoms with Crippen molar-refractivity contribution in [1.29, 1.82) is 0 Å². The Kier molecular flexibility index (Phi) is 4.81. The maximum atomic E-state index is 13.0. The molecule has 0 aliphatic rings. The molecule has 1 amide bonds. The highest BCUT2D eigenvalue weighted by Crippen LogP contribution is 2.42. The number of amides is 1. The number of nitrogens with zero attached hydrogens (tertiary/aromatic N) is 2. The smallest absolute Gasteiger partial charge is 0.232 e. The minimum atomic E-state index is -0.746. The number of hydrogen-bond donors (Lipinski definition) is 2. The molecular weight excluding hydrogens is 334 g/mol. The van der Waals surface area contributed by atoms with E-state index >= 15 is 0 Å². The fourth-order valence-electron chi connectivity index (χ4n) is 2.95. The topological polar surface area (TPSA) is 75.1 Å². The maximum absolute atomic E-state index is 13.0. The van der Waals surface area contributed by atoms with Gasteiger partial charge in [-0.2, -0.15) is 0 Å². The predicted octanol–water partition coefficient (Wildman–Crippen LogP) is 4.04. The van der Waals surface area contributed by atoms with E-state index in [0.29, 0.717) is 5.13 Å². The monoisotopic (exact) mass is 353 g/mol. The number of aromatic nitrogens is 2. The van der Waals surface area contributed by atoms with Gasteiger partial charge in [0.15, 0.2) is 0 Å². The summed E-state index contributed by atoms with van der Waals surface area (Å²) in [6.45, 7) is 3.82. The van der Waals surface area contributed by atoms with Crippen LogP contribution in [0.25, 0.3) is 0 Å². The fourth-order valence-corrected chi connectivity index (χ4v) is 3.39. The zero-order valence-electron chi connectivity index (χ0n) is 14.0. The lowest BCUT2D eigenvalue weighted by Gasteiger charge is -2.33. The third-order valence-corrected chi connectivity index (χ3v) is 4.85. The van der Waals surface area contributed by atoms with Crippen LogP contribution in [-0.4, -0.2) is 21.2 Å². The number of aromatic hydroxyl groups is 1. The third-order valence-electron chi connectivity index (χ3n) is 4.25. The molecule has 1 heterocycles. The summed E-state index contributed by atoms with van der Waals surface area (Å²) in [7, 11) is 0. The number of hydrogen-bond acceptors (Lipinski definition) is 5. The Morgan fingerprint density at radius 1 is 1.08 bits per heavy atom. The Balaban J connectivity index is 2.00. The number of anilines is 1. The van der Waals surface area contributed by atoms with Crippen LogP contribution in [0.3, 0.4) is 0 Å². The van der Waals surface area contributed by atoms with Crippen molar-refractivity contribution in [2.45, 2.75) is 19.8 Å². The van der Waals surface area contributed by atoms with Gasteiger partial charge in [0.1, 0.15) is 11.3 Å². The number of rotatable bonds is 5. The highest BCUT2D eigenvalue weighted by molar-refractivity contribution is 7.13. The van der Waals surface area contributed by atoms with Crippen LogP contribution in [-0.2, 0) is 4.79 Å². The summed E-state index contributed by atoms with van der Waals surface area (Å²) in [5.74, 6) is -0.111. The second kappa shape index (κ2) is 7.03. The van der Waals surface area contributed by atoms with Gasteiger partial charge in [-0.1, -0.05) is 67.6 Å². The summed E-state index contributed by atoms with van der Waals surface area (Å²) in [6.07, 6.45) is 0. The van der Waals surface area contributed by atoms with Crippen molar-refractivity contribution in [2.24, 2.45) is 5.41 Å². The number of benzene rings is 2. The molecule has 0 saturated carbocycles. The molecule has 3 rings (SSSR count). The van der Waals surface area contributed by atoms with Crippen LogP contribution in [0.2, 0.25) is 0 Å². The normalized spacial score (nSPS) is 12.6. The van der Waals surface area contributed by atoms with E-state index < -0.39 is 5.41 Å². The maximum Gasteiger partial charge on any atom is 0.232 e. The number of carbonyl (C=O) groups excluding carboxylic acids is 1. The molecule has 128 valence electrons. The highest BCUT2D eigenvalue weighted by Gasteiger charge is 2.39. The average Bonchev–Trinajstić information content (AvgIpc) is 3.11. The lowest BCUT2D eigenvalue weighted by atomic mass is 9.70. The summed E-state index contributed by atoms with van der Waals surface area (Å²) in [5, 5.41) is 20.6. The van der Waals surface area contributed by atoms with Crippen LogP contribution in [0.5, 0.6) is 5.75 Å². The van der Waals surface area contributed by atoms with Gasteiger partial charge in [-0.15, -0.1) is 10.2 Å². The van der Waals surface area contributed by atoms with Crippen molar-refractivity contribution < 1.29 is 9.90 Å². The van der Waals surface area contributed by atoms with Gasteiger partial charge < -0.3 is 10.4 Å². The van der Waals surface area contributed by atoms with Gasteiger partial charge in [-0.3, -0.25) is 4.79 Å². The first-order valence-corrected chi connectivity index (χ1v) is 8.78. The lowest BCUT2D eigenvalue weighted by Crippen LogP contribution is -2.37. The second-order valence-electron chi connectivity index (χ2n) is 6.35. The Labute approximate surface area is 150 Å². The molecule has 6 heteroatoms. The van der Waals surface area contributed by atoms with Crippen LogP contribution in [0, 0.1) is 5.41 Å². The van der Waals surface area contributed by atoms with E-state index in [0.717, 1.165) is 11.1 Å². The molecular formula is C19H19N3O2S. The van der Waals surface area contributed by atoms with Crippen molar-refractivity contribution >= 4 is 22.4 Å². The second-order valence-corrected chi connectivity index (χ2v) is 7.19. The SMILES string of the molecule is CC(C)(C(=O)Nc1nncs1)[C@@H](c1ccccc1)c1ccc(O)cc1. The largest absolute Gasteiger partial charge is 0.508 e. The summed E-state index contributed by atoms with van der Waals surface area (Å²) < 4.78 is 0. The van der Waals surface area contributed by atoms with Gasteiger partial charge in [0, 0.05) is 5.92 Å². The average molecular weight is 353 g/mol. The van der Waals surface area contributed by atoms with Crippen molar-refractivity contribution in [3.63, 3.8) is 0 Å². The van der Waals surface area contributed by atoms with Crippen LogP contribution in [0.4, 0.5) is 5.13 Å². The standard InChI is InChI=1S/C19H19N3O2S/c1-19(2,17(24)21-18-22-20-12-25-18)16(13-6-4-3-5-7-13)14-8-10-15(23)11-9-14/h3-12,16,23H,1-2H3,(H,21,22,24)/t16-/m0/s1. The summed E-state index contributed by atoms with van der Waals surface area (Å²) in [5.41, 5.74) is 2.83. The van der Waals surface area contributed by atoms with E-state index in [9.17, 15) is 9.90 Å². The molecule has 0 saturated heterocycles. The number of carbonyl (C=O) groups is 1. The molecule has 0 fully saturated rings. The van der Waals surface area contributed by atoms with Gasteiger partial charge in [-0.25, -0.2) is 0 Å². The van der Waals surface area contributed by atoms with E-state index in [4.69, 9.17) is 0 Å². The zero-order valence-corrected chi connectivity index (χ0v) is 14.8. The van der Waals surface area contributed by atoms with E-state index in [1.165, 1.54) is 11.3 Å². The quantitative estimate of drug-likeness (QED) is 0.726. The van der Waals surface area contributed by atoms with Gasteiger partial charge in [0.25, 0.3) is 0 Å². The van der Waals surface area contributed by atoms with E-state index in [-0.39, 0.29) is 17.6 Å². The summed E-state index contributed by atoms with van der Waals surface area (Å²) in [4.78, 5) is 13.0. The molecule has 25 heavy (non-hydrogen) atoms. The Hall–Kier alpha value is -2.73. The summed E-state index contributed by atoms with van der Waals surface area (Å²) >= 11 is 1.29. The van der Waals surface area contributed by atoms with Crippen LogP contribution < -0.4 is 5.32 Å². The molecule has 1 aromatic heterocycles. The number of phenols is 1. The van der Waals surface area contributed by atoms with Crippen LogP contribution in [0.15, 0.2) is 60.1 Å². The fraction of sp³-hybridized carbons (Fsp3) is 0.211. The minimum Gasteiger partial charge on any atom is -0.508 e. The van der Waals surface area contributed by atoms with E-state index in [2.05, 4.69) is 15.5 Å². The molecule has 0 aliphatic carbocycles. The first-order valence-electron chi connectivity index (χ1n) is 7.90. The molecule has 3 aromatic rings. The van der Waals surface area contributed by atoms with Crippen LogP contribution >= 0.6 is 11.3 Å². The molecule has 2 aromatic carbocycles. The minimum absolute atomic E-state index is 0.133. The van der Waals surface area contributed by atoms with Gasteiger partial charge in [-0.05, 0) is 23.3 Å².